The lowest BCUT2D eigenvalue weighted by atomic mass is 9.80. The molecule has 0 spiro atoms. The first-order valence-corrected chi connectivity index (χ1v) is 9.36. The van der Waals surface area contributed by atoms with Gasteiger partial charge in [0.15, 0.2) is 0 Å². The summed E-state index contributed by atoms with van der Waals surface area (Å²) in [6.45, 7) is 1.62. The summed E-state index contributed by atoms with van der Waals surface area (Å²) in [5.74, 6) is -2.41. The number of para-hydroxylation sites is 2. The summed E-state index contributed by atoms with van der Waals surface area (Å²) in [6.07, 6.45) is 0. The third-order valence-corrected chi connectivity index (χ3v) is 5.89. The van der Waals surface area contributed by atoms with E-state index in [1.165, 1.54) is 12.0 Å². The normalized spacial score (nSPS) is 28.4. The number of anilines is 1. The second kappa shape index (κ2) is 7.00. The predicted molar refractivity (Wildman–Crippen MR) is 105 cm³/mol. The van der Waals surface area contributed by atoms with E-state index in [0.717, 1.165) is 0 Å². The van der Waals surface area contributed by atoms with E-state index in [1.807, 2.05) is 24.3 Å². The number of nitrogens with one attached hydrogen (secondary N) is 1. The van der Waals surface area contributed by atoms with Gasteiger partial charge in [-0.1, -0.05) is 36.4 Å². The molecular formula is C22H22N2O5. The SMILES string of the molecule is COC(=O)[C@@]1(C)N[C@@H](c2ccccc2OC)[C@H]2C(=O)N(c3ccccc3)C(=O)[C@H]21. The van der Waals surface area contributed by atoms with Crippen LogP contribution in [0.1, 0.15) is 18.5 Å². The van der Waals surface area contributed by atoms with E-state index in [2.05, 4.69) is 5.32 Å². The molecule has 0 unspecified atom stereocenters. The molecule has 0 bridgehead atoms. The molecule has 4 rings (SSSR count). The molecule has 4 atom stereocenters. The van der Waals surface area contributed by atoms with E-state index in [-0.39, 0.29) is 5.91 Å². The predicted octanol–water partition coefficient (Wildman–Crippen LogP) is 2.08. The molecular weight excluding hydrogens is 372 g/mol. The molecule has 2 aliphatic rings. The van der Waals surface area contributed by atoms with Gasteiger partial charge in [-0.3, -0.25) is 19.7 Å². The Morgan fingerprint density at radius 1 is 1.00 bits per heavy atom. The third kappa shape index (κ3) is 2.73. The molecule has 0 saturated carbocycles. The summed E-state index contributed by atoms with van der Waals surface area (Å²) < 4.78 is 10.5. The summed E-state index contributed by atoms with van der Waals surface area (Å²) in [5, 5.41) is 3.22. The van der Waals surface area contributed by atoms with E-state index in [0.29, 0.717) is 17.0 Å². The summed E-state index contributed by atoms with van der Waals surface area (Å²) in [5.41, 5.74) is -0.141. The zero-order valence-electron chi connectivity index (χ0n) is 16.4. The number of hydrogen-bond donors (Lipinski definition) is 1. The zero-order chi connectivity index (χ0) is 20.8. The van der Waals surface area contributed by atoms with Crippen LogP contribution in [-0.4, -0.2) is 37.5 Å². The molecule has 29 heavy (non-hydrogen) atoms. The molecule has 2 fully saturated rings. The van der Waals surface area contributed by atoms with E-state index < -0.39 is 35.3 Å². The first-order chi connectivity index (χ1) is 13.9. The maximum absolute atomic E-state index is 13.5. The van der Waals surface area contributed by atoms with Crippen LogP contribution in [0, 0.1) is 11.8 Å². The molecule has 0 aromatic heterocycles. The first-order valence-electron chi connectivity index (χ1n) is 9.36. The van der Waals surface area contributed by atoms with Gasteiger partial charge < -0.3 is 9.47 Å². The standard InChI is InChI=1S/C22H22N2O5/c1-22(21(27)29-3)17-16(18(23-22)14-11-7-8-12-15(14)28-2)19(25)24(20(17)26)13-9-5-4-6-10-13/h4-12,16-18,23H,1-3H3/t16-,17-,18-,22-/m0/s1. The maximum atomic E-state index is 13.5. The Labute approximate surface area is 168 Å². The minimum absolute atomic E-state index is 0.345. The molecule has 7 heteroatoms. The smallest absolute Gasteiger partial charge is 0.326 e. The highest BCUT2D eigenvalue weighted by molar-refractivity contribution is 6.24. The highest BCUT2D eigenvalue weighted by Gasteiger charge is 2.67. The number of rotatable bonds is 4. The molecule has 150 valence electrons. The molecule has 2 saturated heterocycles. The number of carbonyl (C=O) groups excluding carboxylic acids is 3. The number of carbonyl (C=O) groups is 3. The summed E-state index contributed by atoms with van der Waals surface area (Å²) >= 11 is 0. The van der Waals surface area contributed by atoms with Crippen molar-refractivity contribution in [3.05, 3.63) is 60.2 Å². The van der Waals surface area contributed by atoms with Crippen molar-refractivity contribution in [3.63, 3.8) is 0 Å². The van der Waals surface area contributed by atoms with Gasteiger partial charge in [-0.2, -0.15) is 0 Å². The van der Waals surface area contributed by atoms with Gasteiger partial charge in [0.1, 0.15) is 11.3 Å². The number of nitrogens with zero attached hydrogens (tertiary/aromatic N) is 1. The number of methoxy groups -OCH3 is 2. The number of ether oxygens (including phenoxy) is 2. The second-order valence-corrected chi connectivity index (χ2v) is 7.41. The van der Waals surface area contributed by atoms with Gasteiger partial charge in [-0.05, 0) is 25.1 Å². The second-order valence-electron chi connectivity index (χ2n) is 7.41. The summed E-state index contributed by atoms with van der Waals surface area (Å²) in [6, 6.07) is 15.5. The van der Waals surface area contributed by atoms with Crippen molar-refractivity contribution in [2.45, 2.75) is 18.5 Å². The third-order valence-electron chi connectivity index (χ3n) is 5.89. The van der Waals surface area contributed by atoms with Crippen LogP contribution in [0.2, 0.25) is 0 Å². The van der Waals surface area contributed by atoms with Gasteiger partial charge in [0.05, 0.1) is 31.7 Å². The fraction of sp³-hybridized carbons (Fsp3) is 0.318. The van der Waals surface area contributed by atoms with Gasteiger partial charge in [-0.25, -0.2) is 4.90 Å². The van der Waals surface area contributed by atoms with Gasteiger partial charge in [0.25, 0.3) is 0 Å². The van der Waals surface area contributed by atoms with Crippen molar-refractivity contribution in [1.29, 1.82) is 0 Å². The Hall–Kier alpha value is -3.19. The van der Waals surface area contributed by atoms with Crippen LogP contribution < -0.4 is 15.0 Å². The fourth-order valence-corrected chi connectivity index (χ4v) is 4.56. The Kier molecular flexibility index (Phi) is 4.62. The molecule has 0 aliphatic carbocycles. The average Bonchev–Trinajstić information content (AvgIpc) is 3.21. The van der Waals surface area contributed by atoms with E-state index in [1.54, 1.807) is 44.4 Å². The maximum Gasteiger partial charge on any atom is 0.326 e. The van der Waals surface area contributed by atoms with Crippen molar-refractivity contribution in [3.8, 4) is 5.75 Å². The van der Waals surface area contributed by atoms with Gasteiger partial charge in [-0.15, -0.1) is 0 Å². The van der Waals surface area contributed by atoms with Crippen molar-refractivity contribution < 1.29 is 23.9 Å². The van der Waals surface area contributed by atoms with Crippen LogP contribution in [0.15, 0.2) is 54.6 Å². The van der Waals surface area contributed by atoms with Crippen molar-refractivity contribution in [2.75, 3.05) is 19.1 Å². The van der Waals surface area contributed by atoms with E-state index in [9.17, 15) is 14.4 Å². The molecule has 2 heterocycles. The number of esters is 1. The minimum atomic E-state index is -1.35. The van der Waals surface area contributed by atoms with Crippen LogP contribution in [0.5, 0.6) is 5.75 Å². The minimum Gasteiger partial charge on any atom is -0.496 e. The van der Waals surface area contributed by atoms with E-state index >= 15 is 0 Å². The summed E-state index contributed by atoms with van der Waals surface area (Å²) in [4.78, 5) is 40.7. The van der Waals surface area contributed by atoms with Crippen LogP contribution >= 0.6 is 0 Å². The molecule has 2 aromatic carbocycles. The zero-order valence-corrected chi connectivity index (χ0v) is 16.4. The van der Waals surface area contributed by atoms with E-state index in [4.69, 9.17) is 9.47 Å². The Morgan fingerprint density at radius 2 is 1.66 bits per heavy atom. The lowest BCUT2D eigenvalue weighted by Gasteiger charge is -2.29. The van der Waals surface area contributed by atoms with Crippen molar-refractivity contribution in [1.82, 2.24) is 5.32 Å². The largest absolute Gasteiger partial charge is 0.496 e. The monoisotopic (exact) mass is 394 g/mol. The average molecular weight is 394 g/mol. The number of fused-ring (bicyclic) bond motifs is 1. The van der Waals surface area contributed by atoms with Crippen LogP contribution in [0.4, 0.5) is 5.69 Å². The van der Waals surface area contributed by atoms with Crippen LogP contribution in [-0.2, 0) is 19.1 Å². The lowest BCUT2D eigenvalue weighted by molar-refractivity contribution is -0.151. The number of hydrogen-bond acceptors (Lipinski definition) is 6. The molecule has 2 amide bonds. The van der Waals surface area contributed by atoms with Gasteiger partial charge in [0, 0.05) is 11.6 Å². The summed E-state index contributed by atoms with van der Waals surface area (Å²) in [7, 11) is 2.82. The number of amides is 2. The Balaban J connectivity index is 1.86. The fourth-order valence-electron chi connectivity index (χ4n) is 4.56. The number of imide groups is 1. The highest BCUT2D eigenvalue weighted by Crippen LogP contribution is 2.51. The lowest BCUT2D eigenvalue weighted by Crippen LogP contribution is -2.54. The molecule has 0 radical (unpaired) electrons. The van der Waals surface area contributed by atoms with Crippen molar-refractivity contribution >= 4 is 23.5 Å². The molecule has 1 N–H and O–H groups in total. The number of benzene rings is 2. The topological polar surface area (TPSA) is 84.9 Å². The highest BCUT2D eigenvalue weighted by atomic mass is 16.5. The van der Waals surface area contributed by atoms with Crippen molar-refractivity contribution in [2.24, 2.45) is 11.8 Å². The van der Waals surface area contributed by atoms with Gasteiger partial charge >= 0.3 is 5.97 Å². The van der Waals surface area contributed by atoms with Gasteiger partial charge in [0.2, 0.25) is 11.8 Å². The molecule has 7 nitrogen and oxygen atoms in total. The van der Waals surface area contributed by atoms with Crippen LogP contribution in [0.3, 0.4) is 0 Å². The first kappa shape index (κ1) is 19.1. The quantitative estimate of drug-likeness (QED) is 0.631. The Bertz CT molecular complexity index is 976. The molecule has 2 aliphatic heterocycles. The van der Waals surface area contributed by atoms with Crippen LogP contribution in [0.25, 0.3) is 0 Å². The Morgan fingerprint density at radius 3 is 2.31 bits per heavy atom. The molecule has 2 aromatic rings.